The molecule has 0 aliphatic carbocycles. The first-order valence-electron chi connectivity index (χ1n) is 3.98. The molecule has 8 nitrogen and oxygen atoms in total. The van der Waals surface area contributed by atoms with Gasteiger partial charge in [-0.25, -0.2) is 9.59 Å². The predicted molar refractivity (Wildman–Crippen MR) is 45.9 cm³/mol. The first kappa shape index (κ1) is 10.2. The molecule has 0 aromatic carbocycles. The van der Waals surface area contributed by atoms with E-state index < -0.39 is 11.7 Å². The first-order chi connectivity index (χ1) is 6.57. The fraction of sp³-hybridized carbons (Fsp3) is 0.667. The average Bonchev–Trinajstić information content (AvgIpc) is 2.48. The van der Waals surface area contributed by atoms with Crippen molar-refractivity contribution in [3.63, 3.8) is 0 Å². The Kier molecular flexibility index (Phi) is 2.85. The number of rotatable bonds is 2. The average molecular weight is 201 g/mol. The number of nitrogens with zero attached hydrogens (tertiary/aromatic N) is 5. The van der Waals surface area contributed by atoms with Crippen LogP contribution in [0.2, 0.25) is 0 Å². The van der Waals surface area contributed by atoms with E-state index in [0.29, 0.717) is 9.53 Å². The third-order valence-electron chi connectivity index (χ3n) is 1.37. The number of hydrogen-bond acceptors (Lipinski definition) is 5. The molecule has 0 atom stereocenters. The number of carbonyl (C=O) groups excluding carboxylic acids is 1. The van der Waals surface area contributed by atoms with Crippen LogP contribution in [-0.2, 0) is 0 Å². The summed E-state index contributed by atoms with van der Waals surface area (Å²) >= 11 is 0. The van der Waals surface area contributed by atoms with Gasteiger partial charge in [-0.1, -0.05) is 0 Å². The van der Waals surface area contributed by atoms with Gasteiger partial charge in [0, 0.05) is 14.1 Å². The molecule has 78 valence electrons. The lowest BCUT2D eigenvalue weighted by Gasteiger charge is -2.06. The Balaban J connectivity index is 3.01. The molecule has 1 amide bonds. The summed E-state index contributed by atoms with van der Waals surface area (Å²) in [4.78, 5) is 29.3. The lowest BCUT2D eigenvalue weighted by molar-refractivity contribution is 0.0806. The zero-order valence-corrected chi connectivity index (χ0v) is 8.17. The number of amides is 1. The van der Waals surface area contributed by atoms with Crippen molar-refractivity contribution in [1.29, 1.82) is 0 Å². The maximum absolute atomic E-state index is 11.3. The van der Waals surface area contributed by atoms with Crippen molar-refractivity contribution in [1.82, 2.24) is 24.9 Å². The molecule has 0 saturated carbocycles. The summed E-state index contributed by atoms with van der Waals surface area (Å²) in [7, 11) is 3.02. The SMILES string of the molecule is CCOn1nnn(C(=O)N(C)C)c1=O. The Labute approximate surface area is 79.6 Å². The summed E-state index contributed by atoms with van der Waals surface area (Å²) in [5.41, 5.74) is -0.717. The van der Waals surface area contributed by atoms with Crippen LogP contribution in [0, 0.1) is 0 Å². The lowest BCUT2D eigenvalue weighted by atomic mass is 10.8. The van der Waals surface area contributed by atoms with Crippen molar-refractivity contribution in [2.45, 2.75) is 6.92 Å². The highest BCUT2D eigenvalue weighted by atomic mass is 16.7. The molecule has 0 spiro atoms. The topological polar surface area (TPSA) is 82.2 Å². The van der Waals surface area contributed by atoms with Crippen LogP contribution in [0.5, 0.6) is 0 Å². The summed E-state index contributed by atoms with van der Waals surface area (Å²) < 4.78 is 0.621. The van der Waals surface area contributed by atoms with E-state index in [1.807, 2.05) is 0 Å². The van der Waals surface area contributed by atoms with E-state index in [2.05, 4.69) is 10.4 Å². The Morgan fingerprint density at radius 2 is 2.14 bits per heavy atom. The van der Waals surface area contributed by atoms with Crippen LogP contribution in [0.1, 0.15) is 6.92 Å². The van der Waals surface area contributed by atoms with Gasteiger partial charge in [0.05, 0.1) is 0 Å². The first-order valence-corrected chi connectivity index (χ1v) is 3.98. The van der Waals surface area contributed by atoms with E-state index in [-0.39, 0.29) is 6.61 Å². The van der Waals surface area contributed by atoms with Gasteiger partial charge in [-0.05, 0) is 22.2 Å². The zero-order chi connectivity index (χ0) is 10.7. The fourth-order valence-corrected chi connectivity index (χ4v) is 0.747. The second-order valence-corrected chi connectivity index (χ2v) is 2.64. The molecular weight excluding hydrogens is 190 g/mol. The summed E-state index contributed by atoms with van der Waals surface area (Å²) in [6.07, 6.45) is 0. The minimum atomic E-state index is -0.717. The van der Waals surface area contributed by atoms with Gasteiger partial charge in [0.2, 0.25) is 0 Å². The van der Waals surface area contributed by atoms with Crippen molar-refractivity contribution in [2.24, 2.45) is 0 Å². The highest BCUT2D eigenvalue weighted by molar-refractivity contribution is 5.74. The van der Waals surface area contributed by atoms with Crippen LogP contribution in [0.4, 0.5) is 4.79 Å². The molecule has 0 unspecified atom stereocenters. The van der Waals surface area contributed by atoms with E-state index in [9.17, 15) is 9.59 Å². The van der Waals surface area contributed by atoms with Crippen LogP contribution in [0.15, 0.2) is 4.79 Å². The highest BCUT2D eigenvalue weighted by Gasteiger charge is 2.15. The maximum atomic E-state index is 11.3. The van der Waals surface area contributed by atoms with Gasteiger partial charge in [-0.3, -0.25) is 0 Å². The Morgan fingerprint density at radius 1 is 1.50 bits per heavy atom. The van der Waals surface area contributed by atoms with E-state index in [4.69, 9.17) is 4.84 Å². The number of aromatic nitrogens is 4. The minimum absolute atomic E-state index is 0.273. The second kappa shape index (κ2) is 3.90. The summed E-state index contributed by atoms with van der Waals surface area (Å²) in [5, 5.41) is 6.71. The molecule has 0 N–H and O–H groups in total. The van der Waals surface area contributed by atoms with Gasteiger partial charge < -0.3 is 9.74 Å². The summed E-state index contributed by atoms with van der Waals surface area (Å²) in [5.74, 6) is 0. The molecule has 1 aromatic rings. The van der Waals surface area contributed by atoms with Gasteiger partial charge in [0.15, 0.2) is 0 Å². The molecule has 1 aromatic heterocycles. The number of hydrogen-bond donors (Lipinski definition) is 0. The van der Waals surface area contributed by atoms with Crippen LogP contribution < -0.4 is 10.5 Å². The van der Waals surface area contributed by atoms with Crippen LogP contribution >= 0.6 is 0 Å². The van der Waals surface area contributed by atoms with E-state index in [0.717, 1.165) is 0 Å². The smallest absolute Gasteiger partial charge is 0.391 e. The highest BCUT2D eigenvalue weighted by Crippen LogP contribution is 1.81. The molecular formula is C6H11N5O3. The standard InChI is InChI=1S/C6H11N5O3/c1-4-14-11-6(13)10(7-8-11)5(12)9(2)3/h4H2,1-3H3. The third kappa shape index (κ3) is 1.73. The van der Waals surface area contributed by atoms with Gasteiger partial charge in [-0.2, -0.15) is 0 Å². The van der Waals surface area contributed by atoms with Gasteiger partial charge >= 0.3 is 11.7 Å². The van der Waals surface area contributed by atoms with E-state index in [1.165, 1.54) is 19.0 Å². The number of tetrazole rings is 1. The van der Waals surface area contributed by atoms with Crippen molar-refractivity contribution in [3.8, 4) is 0 Å². The molecule has 0 radical (unpaired) electrons. The third-order valence-corrected chi connectivity index (χ3v) is 1.37. The molecule has 0 aliphatic rings. The maximum Gasteiger partial charge on any atom is 0.406 e. The Hall–Kier alpha value is -1.86. The number of carbonyl (C=O) groups is 1. The quantitative estimate of drug-likeness (QED) is 0.539. The Bertz CT molecular complexity index is 379. The van der Waals surface area contributed by atoms with E-state index >= 15 is 0 Å². The zero-order valence-electron chi connectivity index (χ0n) is 8.17. The largest absolute Gasteiger partial charge is 0.406 e. The molecule has 0 fully saturated rings. The second-order valence-electron chi connectivity index (χ2n) is 2.64. The summed E-state index contributed by atoms with van der Waals surface area (Å²) in [6, 6.07) is -0.569. The van der Waals surface area contributed by atoms with Gasteiger partial charge in [0.25, 0.3) is 0 Å². The van der Waals surface area contributed by atoms with Crippen LogP contribution in [0.25, 0.3) is 0 Å². The Morgan fingerprint density at radius 3 is 2.64 bits per heavy atom. The van der Waals surface area contributed by atoms with Crippen molar-refractivity contribution in [3.05, 3.63) is 10.5 Å². The van der Waals surface area contributed by atoms with E-state index in [1.54, 1.807) is 6.92 Å². The molecule has 0 bridgehead atoms. The molecule has 14 heavy (non-hydrogen) atoms. The van der Waals surface area contributed by atoms with Gasteiger partial charge in [0.1, 0.15) is 6.61 Å². The lowest BCUT2D eigenvalue weighted by Crippen LogP contribution is -2.38. The molecule has 0 saturated heterocycles. The normalized spacial score (nSPS) is 9.93. The predicted octanol–water partition coefficient (Wildman–Crippen LogP) is -1.58. The summed E-state index contributed by atoms with van der Waals surface area (Å²) in [6.45, 7) is 1.97. The van der Waals surface area contributed by atoms with Crippen molar-refractivity contribution >= 4 is 6.03 Å². The van der Waals surface area contributed by atoms with Crippen molar-refractivity contribution < 1.29 is 9.63 Å². The van der Waals surface area contributed by atoms with Gasteiger partial charge in [-0.15, -0.1) is 4.68 Å². The molecule has 1 rings (SSSR count). The van der Waals surface area contributed by atoms with Crippen LogP contribution in [-0.4, -0.2) is 51.6 Å². The monoisotopic (exact) mass is 201 g/mol. The molecule has 1 heterocycles. The molecule has 8 heteroatoms. The molecule has 0 aliphatic heterocycles. The fourth-order valence-electron chi connectivity index (χ4n) is 0.747. The van der Waals surface area contributed by atoms with Crippen molar-refractivity contribution in [2.75, 3.05) is 20.7 Å². The van der Waals surface area contributed by atoms with Crippen LogP contribution in [0.3, 0.4) is 0 Å². The minimum Gasteiger partial charge on any atom is -0.391 e.